The first kappa shape index (κ1) is 22.0. The molecule has 0 spiro atoms. The molecule has 2 amide bonds. The van der Waals surface area contributed by atoms with Crippen LogP contribution in [0.15, 0.2) is 42.5 Å². The van der Waals surface area contributed by atoms with Crippen LogP contribution in [0.25, 0.3) is 0 Å². The molecule has 0 bridgehead atoms. The van der Waals surface area contributed by atoms with Gasteiger partial charge in [0.15, 0.2) is 6.61 Å². The number of halogens is 1. The first-order valence-electron chi connectivity index (χ1n) is 8.99. The Kier molecular flexibility index (Phi) is 7.82. The average Bonchev–Trinajstić information content (AvgIpc) is 2.75. The van der Waals surface area contributed by atoms with Crippen LogP contribution in [0, 0.1) is 5.82 Å². The Morgan fingerprint density at radius 1 is 1.03 bits per heavy atom. The van der Waals surface area contributed by atoms with E-state index in [1.54, 1.807) is 37.3 Å². The molecule has 0 radical (unpaired) electrons. The largest absolute Gasteiger partial charge is 0.496 e. The maximum absolute atomic E-state index is 13.2. The molecule has 2 rings (SSSR count). The molecule has 1 atom stereocenters. The van der Waals surface area contributed by atoms with Crippen LogP contribution in [0.3, 0.4) is 0 Å². The third kappa shape index (κ3) is 6.10. The second kappa shape index (κ2) is 10.3. The SMILES string of the molecule is CNC(=O)[C@@H](C)N(Cc1ccc(F)cc1)C(=O)COc1cc(OC)cc(OC)c1. The summed E-state index contributed by atoms with van der Waals surface area (Å²) in [5.74, 6) is 0.350. The van der Waals surface area contributed by atoms with Crippen LogP contribution in [0.2, 0.25) is 0 Å². The van der Waals surface area contributed by atoms with Crippen LogP contribution in [0.1, 0.15) is 12.5 Å². The van der Waals surface area contributed by atoms with Crippen molar-refractivity contribution in [1.29, 1.82) is 0 Å². The van der Waals surface area contributed by atoms with Crippen LogP contribution in [0.5, 0.6) is 17.2 Å². The van der Waals surface area contributed by atoms with Crippen molar-refractivity contribution in [1.82, 2.24) is 10.2 Å². The maximum atomic E-state index is 13.2. The lowest BCUT2D eigenvalue weighted by Gasteiger charge is -2.28. The van der Waals surface area contributed by atoms with Crippen molar-refractivity contribution in [3.8, 4) is 17.2 Å². The van der Waals surface area contributed by atoms with Gasteiger partial charge in [-0.15, -0.1) is 0 Å². The monoisotopic (exact) mass is 404 g/mol. The van der Waals surface area contributed by atoms with Crippen molar-refractivity contribution in [2.75, 3.05) is 27.9 Å². The average molecular weight is 404 g/mol. The third-order valence-corrected chi connectivity index (χ3v) is 4.37. The summed E-state index contributed by atoms with van der Waals surface area (Å²) in [5.41, 5.74) is 0.693. The van der Waals surface area contributed by atoms with Crippen molar-refractivity contribution in [2.45, 2.75) is 19.5 Å². The van der Waals surface area contributed by atoms with Gasteiger partial charge in [0.25, 0.3) is 5.91 Å². The molecule has 156 valence electrons. The number of ether oxygens (including phenoxy) is 3. The lowest BCUT2D eigenvalue weighted by atomic mass is 10.1. The zero-order valence-electron chi connectivity index (χ0n) is 16.9. The molecule has 2 aromatic carbocycles. The molecular formula is C21H25FN2O5. The fourth-order valence-corrected chi connectivity index (χ4v) is 2.67. The van der Waals surface area contributed by atoms with Crippen LogP contribution < -0.4 is 19.5 Å². The second-order valence-corrected chi connectivity index (χ2v) is 6.28. The van der Waals surface area contributed by atoms with Crippen molar-refractivity contribution < 1.29 is 28.2 Å². The van der Waals surface area contributed by atoms with Gasteiger partial charge in [0, 0.05) is 31.8 Å². The molecule has 0 fully saturated rings. The second-order valence-electron chi connectivity index (χ2n) is 6.28. The highest BCUT2D eigenvalue weighted by atomic mass is 19.1. The number of benzene rings is 2. The Balaban J connectivity index is 2.16. The molecule has 29 heavy (non-hydrogen) atoms. The fourth-order valence-electron chi connectivity index (χ4n) is 2.67. The molecule has 0 heterocycles. The van der Waals surface area contributed by atoms with E-state index in [-0.39, 0.29) is 24.9 Å². The predicted octanol–water partition coefficient (Wildman–Crippen LogP) is 2.38. The molecule has 0 saturated heterocycles. The van der Waals surface area contributed by atoms with E-state index in [9.17, 15) is 14.0 Å². The summed E-state index contributed by atoms with van der Waals surface area (Å²) < 4.78 is 29.2. The number of hydrogen-bond donors (Lipinski definition) is 1. The van der Waals surface area contributed by atoms with Gasteiger partial charge in [-0.2, -0.15) is 0 Å². The minimum atomic E-state index is -0.735. The number of hydrogen-bond acceptors (Lipinski definition) is 5. The van der Waals surface area contributed by atoms with E-state index >= 15 is 0 Å². The Bertz CT molecular complexity index is 819. The number of carbonyl (C=O) groups is 2. The summed E-state index contributed by atoms with van der Waals surface area (Å²) in [7, 11) is 4.52. The summed E-state index contributed by atoms with van der Waals surface area (Å²) >= 11 is 0. The number of likely N-dealkylation sites (N-methyl/N-ethyl adjacent to an activating group) is 1. The molecule has 0 saturated carbocycles. The molecule has 1 N–H and O–H groups in total. The van der Waals surface area contributed by atoms with Gasteiger partial charge in [-0.1, -0.05) is 12.1 Å². The summed E-state index contributed by atoms with van der Waals surface area (Å²) in [6.07, 6.45) is 0. The number of nitrogens with zero attached hydrogens (tertiary/aromatic N) is 1. The van der Waals surface area contributed by atoms with Gasteiger partial charge in [0.2, 0.25) is 5.91 Å². The zero-order valence-corrected chi connectivity index (χ0v) is 16.9. The Morgan fingerprint density at radius 3 is 2.10 bits per heavy atom. The minimum Gasteiger partial charge on any atom is -0.496 e. The summed E-state index contributed by atoms with van der Waals surface area (Å²) in [6.45, 7) is 1.46. The van der Waals surface area contributed by atoms with E-state index < -0.39 is 11.9 Å². The van der Waals surface area contributed by atoms with Crippen LogP contribution in [-0.2, 0) is 16.1 Å². The number of amides is 2. The van der Waals surface area contributed by atoms with Gasteiger partial charge in [0.05, 0.1) is 14.2 Å². The highest BCUT2D eigenvalue weighted by Gasteiger charge is 2.26. The van der Waals surface area contributed by atoms with Gasteiger partial charge >= 0.3 is 0 Å². The predicted molar refractivity (Wildman–Crippen MR) is 106 cm³/mol. The van der Waals surface area contributed by atoms with Crippen molar-refractivity contribution in [3.63, 3.8) is 0 Å². The van der Waals surface area contributed by atoms with Gasteiger partial charge < -0.3 is 24.4 Å². The molecule has 0 unspecified atom stereocenters. The van der Waals surface area contributed by atoms with Crippen molar-refractivity contribution in [3.05, 3.63) is 53.8 Å². The fraction of sp³-hybridized carbons (Fsp3) is 0.333. The first-order valence-corrected chi connectivity index (χ1v) is 8.99. The Labute approximate surface area is 169 Å². The Morgan fingerprint density at radius 2 is 1.59 bits per heavy atom. The molecule has 0 aliphatic heterocycles. The van der Waals surface area contributed by atoms with Gasteiger partial charge in [0.1, 0.15) is 29.1 Å². The first-order chi connectivity index (χ1) is 13.9. The number of methoxy groups -OCH3 is 2. The summed E-state index contributed by atoms with van der Waals surface area (Å²) in [6, 6.07) is 9.96. The lowest BCUT2D eigenvalue weighted by Crippen LogP contribution is -2.48. The molecule has 2 aromatic rings. The van der Waals surface area contributed by atoms with Crippen LogP contribution in [-0.4, -0.2) is 50.6 Å². The van der Waals surface area contributed by atoms with Crippen LogP contribution >= 0.6 is 0 Å². The molecule has 0 aliphatic rings. The van der Waals surface area contributed by atoms with E-state index in [1.807, 2.05) is 0 Å². The summed E-state index contributed by atoms with van der Waals surface area (Å²) in [4.78, 5) is 26.3. The molecule has 8 heteroatoms. The quantitative estimate of drug-likeness (QED) is 0.695. The molecule has 7 nitrogen and oxygen atoms in total. The molecular weight excluding hydrogens is 379 g/mol. The lowest BCUT2D eigenvalue weighted by molar-refractivity contribution is -0.142. The standard InChI is InChI=1S/C21H25FN2O5/c1-14(21(26)23-2)24(12-15-5-7-16(22)8-6-15)20(25)13-29-19-10-17(27-3)9-18(11-19)28-4/h5-11,14H,12-13H2,1-4H3,(H,23,26)/t14-/m1/s1. The summed E-state index contributed by atoms with van der Waals surface area (Å²) in [5, 5.41) is 2.53. The van der Waals surface area contributed by atoms with Gasteiger partial charge in [-0.05, 0) is 24.6 Å². The van der Waals surface area contributed by atoms with Crippen molar-refractivity contribution in [2.24, 2.45) is 0 Å². The third-order valence-electron chi connectivity index (χ3n) is 4.37. The normalized spacial score (nSPS) is 11.3. The highest BCUT2D eigenvalue weighted by Crippen LogP contribution is 2.27. The van der Waals surface area contributed by atoms with E-state index in [2.05, 4.69) is 5.32 Å². The molecule has 0 aliphatic carbocycles. The molecule has 0 aromatic heterocycles. The van der Waals surface area contributed by atoms with E-state index in [4.69, 9.17) is 14.2 Å². The van der Waals surface area contributed by atoms with Crippen LogP contribution in [0.4, 0.5) is 4.39 Å². The number of carbonyl (C=O) groups excluding carboxylic acids is 2. The minimum absolute atomic E-state index is 0.137. The van der Waals surface area contributed by atoms with Gasteiger partial charge in [-0.3, -0.25) is 9.59 Å². The van der Waals surface area contributed by atoms with E-state index in [0.29, 0.717) is 22.8 Å². The zero-order chi connectivity index (χ0) is 21.4. The highest BCUT2D eigenvalue weighted by molar-refractivity contribution is 5.87. The number of nitrogens with one attached hydrogen (secondary N) is 1. The van der Waals surface area contributed by atoms with E-state index in [1.165, 1.54) is 38.3 Å². The Hall–Kier alpha value is -3.29. The number of rotatable bonds is 9. The maximum Gasteiger partial charge on any atom is 0.261 e. The van der Waals surface area contributed by atoms with Gasteiger partial charge in [-0.25, -0.2) is 4.39 Å². The smallest absolute Gasteiger partial charge is 0.261 e. The van der Waals surface area contributed by atoms with Crippen molar-refractivity contribution >= 4 is 11.8 Å². The van der Waals surface area contributed by atoms with E-state index in [0.717, 1.165) is 0 Å². The topological polar surface area (TPSA) is 77.1 Å².